The van der Waals surface area contributed by atoms with Gasteiger partial charge in [-0.05, 0) is 74.6 Å². The minimum Gasteiger partial charge on any atom is -0.289 e. The molecular weight excluding hydrogens is 268 g/mol. The maximum atomic E-state index is 12.8. The van der Waals surface area contributed by atoms with E-state index < -0.39 is 0 Å². The Bertz CT molecular complexity index is 673. The Balaban J connectivity index is 2.65. The summed E-state index contributed by atoms with van der Waals surface area (Å²) in [6.07, 6.45) is 0. The molecule has 0 spiro atoms. The Morgan fingerprint density at radius 3 is 1.95 bits per heavy atom. The number of hydrogen-bond acceptors (Lipinski definition) is 1. The van der Waals surface area contributed by atoms with Gasteiger partial charge in [0.15, 0.2) is 5.78 Å². The van der Waals surface area contributed by atoms with Gasteiger partial charge in [-0.15, -0.1) is 0 Å². The molecule has 0 aromatic heterocycles. The molecule has 0 aliphatic carbocycles. The van der Waals surface area contributed by atoms with Gasteiger partial charge < -0.3 is 0 Å². The van der Waals surface area contributed by atoms with Crippen LogP contribution in [0.15, 0.2) is 24.3 Å². The summed E-state index contributed by atoms with van der Waals surface area (Å²) in [5.74, 6) is 0.0109. The van der Waals surface area contributed by atoms with Crippen molar-refractivity contribution < 1.29 is 4.79 Å². The van der Waals surface area contributed by atoms with Gasteiger partial charge >= 0.3 is 0 Å². The van der Waals surface area contributed by atoms with E-state index in [2.05, 4.69) is 6.07 Å². The molecule has 20 heavy (non-hydrogen) atoms. The zero-order valence-corrected chi connectivity index (χ0v) is 13.4. The minimum absolute atomic E-state index is 0.0109. The molecule has 0 atom stereocenters. The van der Waals surface area contributed by atoms with E-state index in [4.69, 9.17) is 11.6 Å². The van der Waals surface area contributed by atoms with Crippen LogP contribution in [0.1, 0.15) is 43.7 Å². The lowest BCUT2D eigenvalue weighted by atomic mass is 9.89. The third-order valence-corrected chi connectivity index (χ3v) is 4.28. The molecule has 2 rings (SSSR count). The third-order valence-electron chi connectivity index (χ3n) is 3.96. The molecule has 0 saturated heterocycles. The summed E-state index contributed by atoms with van der Waals surface area (Å²) >= 11 is 6.24. The van der Waals surface area contributed by atoms with Crippen molar-refractivity contribution in [2.24, 2.45) is 0 Å². The first-order valence-corrected chi connectivity index (χ1v) is 7.09. The summed E-state index contributed by atoms with van der Waals surface area (Å²) < 4.78 is 0. The van der Waals surface area contributed by atoms with Crippen molar-refractivity contribution in [3.8, 4) is 0 Å². The lowest BCUT2D eigenvalue weighted by Gasteiger charge is -2.15. The standard InChI is InChI=1S/C18H19ClO/c1-10-6-7-15(16(19)8-10)18(20)17-13(4)11(2)9-12(3)14(17)5/h6-9H,1-5H3. The molecule has 0 aliphatic rings. The van der Waals surface area contributed by atoms with Gasteiger partial charge in [0.2, 0.25) is 0 Å². The van der Waals surface area contributed by atoms with Gasteiger partial charge in [-0.3, -0.25) is 4.79 Å². The summed E-state index contributed by atoms with van der Waals surface area (Å²) in [6, 6.07) is 7.70. The third kappa shape index (κ3) is 2.51. The predicted octanol–water partition coefficient (Wildman–Crippen LogP) is 5.11. The van der Waals surface area contributed by atoms with Crippen molar-refractivity contribution in [3.63, 3.8) is 0 Å². The average Bonchev–Trinajstić information content (AvgIpc) is 2.36. The van der Waals surface area contributed by atoms with Crippen molar-refractivity contribution in [3.05, 3.63) is 68.2 Å². The second-order valence-electron chi connectivity index (χ2n) is 5.45. The van der Waals surface area contributed by atoms with Crippen molar-refractivity contribution in [1.82, 2.24) is 0 Å². The van der Waals surface area contributed by atoms with E-state index in [1.165, 1.54) is 0 Å². The largest absolute Gasteiger partial charge is 0.289 e. The fourth-order valence-electron chi connectivity index (χ4n) is 2.50. The summed E-state index contributed by atoms with van der Waals surface area (Å²) in [5, 5.41) is 0.521. The molecule has 0 aliphatic heterocycles. The Kier molecular flexibility index (Phi) is 4.01. The Hall–Kier alpha value is -1.60. The predicted molar refractivity (Wildman–Crippen MR) is 85.0 cm³/mol. The van der Waals surface area contributed by atoms with E-state index in [0.717, 1.165) is 33.4 Å². The maximum absolute atomic E-state index is 12.8. The van der Waals surface area contributed by atoms with Crippen molar-refractivity contribution >= 4 is 17.4 Å². The number of benzene rings is 2. The highest BCUT2D eigenvalue weighted by Gasteiger charge is 2.19. The van der Waals surface area contributed by atoms with E-state index in [1.54, 1.807) is 0 Å². The smallest absolute Gasteiger partial charge is 0.195 e. The monoisotopic (exact) mass is 286 g/mol. The highest BCUT2D eigenvalue weighted by Crippen LogP contribution is 2.27. The first-order valence-electron chi connectivity index (χ1n) is 6.71. The quantitative estimate of drug-likeness (QED) is 0.701. The van der Waals surface area contributed by atoms with E-state index in [9.17, 15) is 4.79 Å². The number of carbonyl (C=O) groups is 1. The molecule has 2 aromatic carbocycles. The molecule has 2 heteroatoms. The molecular formula is C18H19ClO. The van der Waals surface area contributed by atoms with E-state index >= 15 is 0 Å². The normalized spacial score (nSPS) is 10.7. The van der Waals surface area contributed by atoms with E-state index in [0.29, 0.717) is 10.6 Å². The van der Waals surface area contributed by atoms with Gasteiger partial charge in [0.1, 0.15) is 0 Å². The Morgan fingerprint density at radius 1 is 0.900 bits per heavy atom. The number of aryl methyl sites for hydroxylation is 3. The first-order chi connectivity index (χ1) is 9.32. The van der Waals surface area contributed by atoms with Crippen molar-refractivity contribution in [2.75, 3.05) is 0 Å². The maximum Gasteiger partial charge on any atom is 0.195 e. The van der Waals surface area contributed by atoms with Gasteiger partial charge in [0.05, 0.1) is 5.02 Å². The van der Waals surface area contributed by atoms with Crippen LogP contribution in [-0.2, 0) is 0 Å². The summed E-state index contributed by atoms with van der Waals surface area (Å²) in [6.45, 7) is 10.0. The lowest BCUT2D eigenvalue weighted by molar-refractivity contribution is 0.103. The second-order valence-corrected chi connectivity index (χ2v) is 5.85. The fraction of sp³-hybridized carbons (Fsp3) is 0.278. The van der Waals surface area contributed by atoms with E-state index in [1.807, 2.05) is 52.8 Å². The molecule has 0 unspecified atom stereocenters. The second kappa shape index (κ2) is 5.41. The highest BCUT2D eigenvalue weighted by molar-refractivity contribution is 6.35. The number of hydrogen-bond donors (Lipinski definition) is 0. The van der Waals surface area contributed by atoms with Gasteiger partial charge in [-0.25, -0.2) is 0 Å². The van der Waals surface area contributed by atoms with Crippen LogP contribution in [-0.4, -0.2) is 5.78 Å². The van der Waals surface area contributed by atoms with Crippen LogP contribution in [0, 0.1) is 34.6 Å². The van der Waals surface area contributed by atoms with Gasteiger partial charge in [-0.1, -0.05) is 23.7 Å². The molecule has 0 amide bonds. The van der Waals surface area contributed by atoms with Crippen LogP contribution in [0.4, 0.5) is 0 Å². The lowest BCUT2D eigenvalue weighted by Crippen LogP contribution is -2.09. The SMILES string of the molecule is Cc1ccc(C(=O)c2c(C)c(C)cc(C)c2C)c(Cl)c1. The molecule has 0 radical (unpaired) electrons. The Labute approximate surface area is 125 Å². The number of ketones is 1. The molecule has 2 aromatic rings. The Morgan fingerprint density at radius 2 is 1.45 bits per heavy atom. The molecule has 1 nitrogen and oxygen atoms in total. The number of carbonyl (C=O) groups excluding carboxylic acids is 1. The van der Waals surface area contributed by atoms with Crippen molar-refractivity contribution in [2.45, 2.75) is 34.6 Å². The molecule has 0 heterocycles. The average molecular weight is 287 g/mol. The highest BCUT2D eigenvalue weighted by atomic mass is 35.5. The van der Waals surface area contributed by atoms with Gasteiger partial charge in [-0.2, -0.15) is 0 Å². The van der Waals surface area contributed by atoms with Crippen LogP contribution < -0.4 is 0 Å². The van der Waals surface area contributed by atoms with Crippen LogP contribution in [0.2, 0.25) is 5.02 Å². The molecule has 0 saturated carbocycles. The van der Waals surface area contributed by atoms with Crippen LogP contribution >= 0.6 is 11.6 Å². The number of halogens is 1. The van der Waals surface area contributed by atoms with Gasteiger partial charge in [0, 0.05) is 11.1 Å². The minimum atomic E-state index is 0.0109. The summed E-state index contributed by atoms with van der Waals surface area (Å²) in [4.78, 5) is 12.8. The fourth-order valence-corrected chi connectivity index (χ4v) is 2.82. The zero-order chi connectivity index (χ0) is 15.0. The zero-order valence-electron chi connectivity index (χ0n) is 12.6. The molecule has 0 bridgehead atoms. The number of rotatable bonds is 2. The van der Waals surface area contributed by atoms with Crippen LogP contribution in [0.5, 0.6) is 0 Å². The summed E-state index contributed by atoms with van der Waals surface area (Å²) in [5.41, 5.74) is 6.77. The van der Waals surface area contributed by atoms with E-state index in [-0.39, 0.29) is 5.78 Å². The molecule has 104 valence electrons. The molecule has 0 N–H and O–H groups in total. The van der Waals surface area contributed by atoms with Crippen LogP contribution in [0.25, 0.3) is 0 Å². The molecule has 0 fully saturated rings. The first kappa shape index (κ1) is 14.8. The summed E-state index contributed by atoms with van der Waals surface area (Å²) in [7, 11) is 0. The topological polar surface area (TPSA) is 17.1 Å². The van der Waals surface area contributed by atoms with Gasteiger partial charge in [0.25, 0.3) is 0 Å². The van der Waals surface area contributed by atoms with Crippen molar-refractivity contribution in [1.29, 1.82) is 0 Å². The van der Waals surface area contributed by atoms with Crippen LogP contribution in [0.3, 0.4) is 0 Å².